The molecule has 44 valence electrons. The summed E-state index contributed by atoms with van der Waals surface area (Å²) in [6, 6.07) is 0. The van der Waals surface area contributed by atoms with Gasteiger partial charge in [0.2, 0.25) is 0 Å². The third-order valence-corrected chi connectivity index (χ3v) is 2.30. The van der Waals surface area contributed by atoms with Crippen molar-refractivity contribution in [2.24, 2.45) is 0 Å². The molecule has 0 saturated heterocycles. The zero-order valence-electron chi connectivity index (χ0n) is 5.85. The van der Waals surface area contributed by atoms with Crippen molar-refractivity contribution in [3.8, 4) is 0 Å². The van der Waals surface area contributed by atoms with Crippen molar-refractivity contribution in [3.63, 3.8) is 0 Å². The molecule has 2 heteroatoms. The van der Waals surface area contributed by atoms with E-state index in [-0.39, 0.29) is 0 Å². The van der Waals surface area contributed by atoms with Crippen LogP contribution in [0.15, 0.2) is 0 Å². The minimum atomic E-state index is 0.409. The first-order valence-corrected chi connectivity index (χ1v) is 4.57. The molecule has 0 aliphatic carbocycles. The van der Waals surface area contributed by atoms with E-state index in [0.717, 1.165) is 27.9 Å². The third kappa shape index (κ3) is 5.10. The molecule has 8 heavy (non-hydrogen) atoms. The van der Waals surface area contributed by atoms with Crippen LogP contribution in [-0.4, -0.2) is 39.6 Å². The fourth-order valence-electron chi connectivity index (χ4n) is 0.644. The van der Waals surface area contributed by atoms with Gasteiger partial charge in [-0.15, -0.1) is 0 Å². The quantitative estimate of drug-likeness (QED) is 0.557. The predicted molar refractivity (Wildman–Crippen MR) is 36.1 cm³/mol. The van der Waals surface area contributed by atoms with Gasteiger partial charge in [-0.25, -0.2) is 0 Å². The number of unbranched alkanes of at least 4 members (excludes halogenated alkanes) is 1. The van der Waals surface area contributed by atoms with Crippen LogP contribution in [0.1, 0.15) is 26.2 Å². The molecule has 0 aliphatic heterocycles. The molecule has 0 rings (SSSR count). The topological polar surface area (TPSA) is 20.2 Å². The van der Waals surface area contributed by atoms with Gasteiger partial charge in [-0.3, -0.25) is 0 Å². The number of aliphatic hydroxyl groups is 1. The number of rotatable bonds is 4. The Balaban J connectivity index is 2.86. The van der Waals surface area contributed by atoms with E-state index >= 15 is 0 Å². The van der Waals surface area contributed by atoms with Crippen molar-refractivity contribution >= 4 is 27.9 Å². The average molecular weight is 124 g/mol. The van der Waals surface area contributed by atoms with Crippen molar-refractivity contribution in [3.05, 3.63) is 0 Å². The molecule has 1 nitrogen and oxygen atoms in total. The van der Waals surface area contributed by atoms with Crippen LogP contribution in [-0.2, 0) is 0 Å². The van der Waals surface area contributed by atoms with Crippen LogP contribution in [0, 0.1) is 0 Å². The third-order valence-electron chi connectivity index (χ3n) is 1.36. The van der Waals surface area contributed by atoms with Crippen LogP contribution in [0.3, 0.4) is 0 Å². The van der Waals surface area contributed by atoms with E-state index in [9.17, 15) is 0 Å². The van der Waals surface area contributed by atoms with Crippen molar-refractivity contribution in [1.29, 1.82) is 0 Å². The van der Waals surface area contributed by atoms with Crippen LogP contribution >= 0.6 is 0 Å². The van der Waals surface area contributed by atoms with Gasteiger partial charge in [-0.1, -0.05) is 0 Å². The Morgan fingerprint density at radius 1 is 1.62 bits per heavy atom. The van der Waals surface area contributed by atoms with Crippen molar-refractivity contribution in [2.75, 3.05) is 6.61 Å². The van der Waals surface area contributed by atoms with Crippen LogP contribution < -0.4 is 0 Å². The van der Waals surface area contributed by atoms with Gasteiger partial charge in [0.1, 0.15) is 0 Å². The van der Waals surface area contributed by atoms with Crippen molar-refractivity contribution < 1.29 is 5.11 Å². The van der Waals surface area contributed by atoms with Gasteiger partial charge < -0.3 is 0 Å². The molecule has 0 spiro atoms. The molecular formula is C6H13NaO. The van der Waals surface area contributed by atoms with Crippen LogP contribution in [0.2, 0.25) is 3.17 Å². The molecule has 0 heterocycles. The number of aliphatic hydroxyl groups excluding tert-OH is 1. The molecule has 0 aliphatic rings. The molecular weight excluding hydrogens is 111 g/mol. The minimum absolute atomic E-state index is 0.409. The van der Waals surface area contributed by atoms with E-state index in [2.05, 4.69) is 6.92 Å². The molecule has 0 aromatic rings. The SMILES string of the molecule is CCCC[CH]([Na])CO. The summed E-state index contributed by atoms with van der Waals surface area (Å²) in [5, 5.41) is 8.60. The van der Waals surface area contributed by atoms with Crippen LogP contribution in [0.4, 0.5) is 0 Å². The van der Waals surface area contributed by atoms with E-state index in [1.54, 1.807) is 0 Å². The second kappa shape index (κ2) is 6.09. The van der Waals surface area contributed by atoms with Crippen LogP contribution in [0.5, 0.6) is 0 Å². The van der Waals surface area contributed by atoms with Gasteiger partial charge in [0.15, 0.2) is 0 Å². The first kappa shape index (κ1) is 8.96. The Bertz CT molecular complexity index is 47.8. The maximum absolute atomic E-state index is 8.60. The van der Waals surface area contributed by atoms with Crippen molar-refractivity contribution in [2.45, 2.75) is 29.4 Å². The Morgan fingerprint density at radius 3 is 2.62 bits per heavy atom. The molecule has 0 radical (unpaired) electrons. The van der Waals surface area contributed by atoms with E-state index in [0.29, 0.717) is 9.77 Å². The summed E-state index contributed by atoms with van der Waals surface area (Å²) in [4.78, 5) is 0. The Morgan fingerprint density at radius 2 is 2.25 bits per heavy atom. The second-order valence-corrected chi connectivity index (χ2v) is 4.06. The van der Waals surface area contributed by atoms with Gasteiger partial charge >= 0.3 is 69.0 Å². The predicted octanol–water partition coefficient (Wildman–Crippen LogP) is 1.13. The van der Waals surface area contributed by atoms with E-state index in [4.69, 9.17) is 5.11 Å². The summed E-state index contributed by atoms with van der Waals surface area (Å²) in [6.45, 7) is 2.60. The molecule has 0 amide bonds. The first-order chi connectivity index (χ1) is 3.81. The Labute approximate surface area is 68.9 Å². The Kier molecular flexibility index (Phi) is 6.82. The first-order valence-electron chi connectivity index (χ1n) is 3.42. The van der Waals surface area contributed by atoms with Gasteiger partial charge in [-0.2, -0.15) is 0 Å². The van der Waals surface area contributed by atoms with Gasteiger partial charge in [-0.05, 0) is 0 Å². The maximum atomic E-state index is 8.60. The van der Waals surface area contributed by atoms with Crippen LogP contribution in [0.25, 0.3) is 0 Å². The van der Waals surface area contributed by atoms with E-state index in [1.165, 1.54) is 19.3 Å². The molecule has 1 unspecified atom stereocenters. The molecule has 1 N–H and O–H groups in total. The zero-order valence-corrected chi connectivity index (χ0v) is 7.85. The number of hydrogen-bond acceptors (Lipinski definition) is 1. The average Bonchev–Trinajstić information content (AvgIpc) is 1.83. The molecule has 0 saturated carbocycles. The molecule has 0 aromatic heterocycles. The summed E-state index contributed by atoms with van der Waals surface area (Å²) in [5.74, 6) is 0. The standard InChI is InChI=1S/C6H13O.Na/c1-2-3-4-5-6-7;/h5,7H,2-4,6H2,1H3;. The van der Waals surface area contributed by atoms with E-state index in [1.807, 2.05) is 0 Å². The summed E-state index contributed by atoms with van der Waals surface area (Å²) in [6.07, 6.45) is 3.78. The summed E-state index contributed by atoms with van der Waals surface area (Å²) < 4.78 is 0.648. The van der Waals surface area contributed by atoms with Gasteiger partial charge in [0, 0.05) is 0 Å². The fourth-order valence-corrected chi connectivity index (χ4v) is 1.05. The fraction of sp³-hybridized carbons (Fsp3) is 1.00. The monoisotopic (exact) mass is 124 g/mol. The Hall–Kier alpha value is 0.960. The summed E-state index contributed by atoms with van der Waals surface area (Å²) in [5.41, 5.74) is 0. The normalized spacial score (nSPS) is 14.0. The summed E-state index contributed by atoms with van der Waals surface area (Å²) in [7, 11) is 0. The molecule has 0 bridgehead atoms. The van der Waals surface area contributed by atoms with Crippen molar-refractivity contribution in [1.82, 2.24) is 0 Å². The second-order valence-electron chi connectivity index (χ2n) is 2.43. The summed E-state index contributed by atoms with van der Waals surface area (Å²) >= 11 is 1.15. The van der Waals surface area contributed by atoms with Gasteiger partial charge in [0.05, 0.1) is 0 Å². The number of hydrogen-bond donors (Lipinski definition) is 1. The zero-order chi connectivity index (χ0) is 6.41. The molecule has 0 aromatic carbocycles. The molecule has 0 fully saturated rings. The molecule has 1 atom stereocenters. The van der Waals surface area contributed by atoms with Gasteiger partial charge in [0.25, 0.3) is 0 Å². The van der Waals surface area contributed by atoms with E-state index < -0.39 is 0 Å².